The van der Waals surface area contributed by atoms with Crippen molar-refractivity contribution in [1.29, 1.82) is 0 Å². The molecular formula is C10H8Cl4O3S. The van der Waals surface area contributed by atoms with E-state index < -0.39 is 31.9 Å². The smallest absolute Gasteiger partial charge is 0.268 e. The van der Waals surface area contributed by atoms with Crippen LogP contribution in [-0.2, 0) is 19.7 Å². The largest absolute Gasteiger partial charge is 0.304 e. The van der Waals surface area contributed by atoms with Gasteiger partial charge in [0.05, 0.1) is 33.0 Å². The summed E-state index contributed by atoms with van der Waals surface area (Å²) in [6, 6.07) is 0. The van der Waals surface area contributed by atoms with E-state index in [2.05, 4.69) is 0 Å². The maximum absolute atomic E-state index is 11.4. The Balaban J connectivity index is 1.93. The van der Waals surface area contributed by atoms with E-state index in [4.69, 9.17) is 54.8 Å². The van der Waals surface area contributed by atoms with Crippen molar-refractivity contribution in [3.8, 4) is 0 Å². The summed E-state index contributed by atoms with van der Waals surface area (Å²) < 4.78 is 21.7. The Bertz CT molecular complexity index is 533. The van der Waals surface area contributed by atoms with Crippen molar-refractivity contribution in [3.63, 3.8) is 0 Å². The molecule has 0 aromatic heterocycles. The minimum Gasteiger partial charge on any atom is -0.268 e. The van der Waals surface area contributed by atoms with Gasteiger partial charge < -0.3 is 0 Å². The van der Waals surface area contributed by atoms with Crippen molar-refractivity contribution in [3.05, 3.63) is 10.1 Å². The lowest BCUT2D eigenvalue weighted by molar-refractivity contribution is 0.00106. The molecule has 8 heteroatoms. The molecular weight excluding hydrogens is 342 g/mol. The second kappa shape index (κ2) is 3.08. The molecule has 0 radical (unpaired) electrons. The lowest BCUT2D eigenvalue weighted by Crippen LogP contribution is -2.60. The van der Waals surface area contributed by atoms with Crippen LogP contribution in [0, 0.1) is 16.7 Å². The lowest BCUT2D eigenvalue weighted by Gasteiger charge is -2.54. The predicted molar refractivity (Wildman–Crippen MR) is 70.0 cm³/mol. The molecule has 1 saturated heterocycles. The van der Waals surface area contributed by atoms with Gasteiger partial charge in [0.25, 0.3) is 0 Å². The highest BCUT2D eigenvalue weighted by Gasteiger charge is 3.06. The summed E-state index contributed by atoms with van der Waals surface area (Å²) in [6.07, 6.45) is 0. The first-order chi connectivity index (χ1) is 8.30. The molecule has 0 aromatic rings. The van der Waals surface area contributed by atoms with E-state index in [0.29, 0.717) is 10.1 Å². The van der Waals surface area contributed by atoms with Gasteiger partial charge >= 0.3 is 11.4 Å². The number of halogens is 4. The second-order valence-corrected chi connectivity index (χ2v) is 8.20. The average molecular weight is 350 g/mol. The van der Waals surface area contributed by atoms with Crippen LogP contribution < -0.4 is 0 Å². The highest BCUT2D eigenvalue weighted by atomic mass is 35.5. The zero-order chi connectivity index (χ0) is 13.1. The lowest BCUT2D eigenvalue weighted by atomic mass is 9.56. The zero-order valence-corrected chi connectivity index (χ0v) is 13.0. The molecule has 6 atom stereocenters. The van der Waals surface area contributed by atoms with E-state index in [9.17, 15) is 4.21 Å². The van der Waals surface area contributed by atoms with Crippen LogP contribution in [-0.4, -0.2) is 27.2 Å². The van der Waals surface area contributed by atoms with Gasteiger partial charge in [-0.1, -0.05) is 30.1 Å². The minimum atomic E-state index is -1.76. The van der Waals surface area contributed by atoms with Gasteiger partial charge in [-0.15, -0.1) is 23.2 Å². The molecule has 2 saturated carbocycles. The topological polar surface area (TPSA) is 35.5 Å². The first kappa shape index (κ1) is 12.7. The molecule has 1 spiro atoms. The van der Waals surface area contributed by atoms with Gasteiger partial charge in [0.2, 0.25) is 0 Å². The van der Waals surface area contributed by atoms with E-state index in [1.54, 1.807) is 0 Å². The van der Waals surface area contributed by atoms with Crippen LogP contribution in [0.25, 0.3) is 0 Å². The average Bonchev–Trinajstić information content (AvgIpc) is 2.79. The molecule has 0 amide bonds. The Morgan fingerprint density at radius 1 is 1.28 bits per heavy atom. The summed E-state index contributed by atoms with van der Waals surface area (Å²) in [5.74, 6) is -0.129. The monoisotopic (exact) mass is 348 g/mol. The van der Waals surface area contributed by atoms with Crippen molar-refractivity contribution in [2.45, 2.75) is 16.7 Å². The minimum absolute atomic E-state index is 0.129. The maximum Gasteiger partial charge on any atom is 0.304 e. The third-order valence-electron chi connectivity index (χ3n) is 5.46. The van der Waals surface area contributed by atoms with Crippen LogP contribution in [0.2, 0.25) is 0 Å². The molecule has 0 N–H and O–H groups in total. The van der Waals surface area contributed by atoms with E-state index in [1.807, 2.05) is 6.92 Å². The zero-order valence-electron chi connectivity index (χ0n) is 9.14. The predicted octanol–water partition coefficient (Wildman–Crippen LogP) is 2.91. The fourth-order valence-electron chi connectivity index (χ4n) is 4.55. The molecule has 1 aliphatic heterocycles. The molecule has 0 aromatic carbocycles. The van der Waals surface area contributed by atoms with Crippen molar-refractivity contribution >= 4 is 57.8 Å². The number of hydrogen-bond donors (Lipinski definition) is 0. The normalized spacial score (nSPS) is 64.9. The summed E-state index contributed by atoms with van der Waals surface area (Å²) in [5.41, 5.74) is -0.891. The molecule has 3 nitrogen and oxygen atoms in total. The van der Waals surface area contributed by atoms with Crippen LogP contribution >= 0.6 is 46.4 Å². The van der Waals surface area contributed by atoms with Crippen LogP contribution in [0.3, 0.4) is 0 Å². The van der Waals surface area contributed by atoms with Crippen molar-refractivity contribution in [1.82, 2.24) is 0 Å². The van der Waals surface area contributed by atoms with Gasteiger partial charge in [-0.25, -0.2) is 0 Å². The fraction of sp³-hybridized carbons (Fsp3) is 0.800. The highest BCUT2D eigenvalue weighted by molar-refractivity contribution is 7.75. The summed E-state index contributed by atoms with van der Waals surface area (Å²) in [6.45, 7) is 2.39. The van der Waals surface area contributed by atoms with Gasteiger partial charge in [0.15, 0.2) is 0 Å². The number of rotatable bonds is 0. The van der Waals surface area contributed by atoms with Gasteiger partial charge in [-0.05, 0) is 0 Å². The van der Waals surface area contributed by atoms with Gasteiger partial charge in [-0.2, -0.15) is 4.21 Å². The Morgan fingerprint density at radius 3 is 2.56 bits per heavy atom. The fourth-order valence-corrected chi connectivity index (χ4v) is 7.65. The van der Waals surface area contributed by atoms with Crippen LogP contribution in [0.4, 0.5) is 0 Å². The molecule has 4 aliphatic rings. The molecule has 100 valence electrons. The van der Waals surface area contributed by atoms with Crippen molar-refractivity contribution < 1.29 is 12.6 Å². The second-order valence-electron chi connectivity index (χ2n) is 5.40. The molecule has 1 heterocycles. The summed E-state index contributed by atoms with van der Waals surface area (Å²) >= 11 is 24.2. The van der Waals surface area contributed by atoms with Crippen molar-refractivity contribution in [2.24, 2.45) is 16.7 Å². The molecule has 3 aliphatic carbocycles. The first-order valence-electron chi connectivity index (χ1n) is 5.42. The van der Waals surface area contributed by atoms with Gasteiger partial charge in [-0.3, -0.25) is 8.37 Å². The third kappa shape index (κ3) is 0.791. The van der Waals surface area contributed by atoms with E-state index in [1.165, 1.54) is 0 Å². The maximum atomic E-state index is 11.4. The summed E-state index contributed by atoms with van der Waals surface area (Å²) in [7, 11) is 0. The number of fused-ring (bicyclic) bond motifs is 1. The van der Waals surface area contributed by atoms with Gasteiger partial charge in [0.1, 0.15) is 0 Å². The van der Waals surface area contributed by atoms with Crippen LogP contribution in [0.5, 0.6) is 0 Å². The van der Waals surface area contributed by atoms with Crippen molar-refractivity contribution in [2.75, 3.05) is 13.2 Å². The highest BCUT2D eigenvalue weighted by Crippen LogP contribution is 3.00. The molecule has 3 fully saturated rings. The van der Waals surface area contributed by atoms with E-state index >= 15 is 0 Å². The van der Waals surface area contributed by atoms with Crippen LogP contribution in [0.15, 0.2) is 10.1 Å². The number of hydrogen-bond acceptors (Lipinski definition) is 3. The Kier molecular flexibility index (Phi) is 2.17. The molecule has 6 unspecified atom stereocenters. The SMILES string of the molecule is CC12C3(Cl)C(Cl)=C(Cl)C1(Cl)C21COS(=O)OCC31. The first-order valence-corrected chi connectivity index (χ1v) is 7.93. The summed E-state index contributed by atoms with van der Waals surface area (Å²) in [5, 5.41) is 0.794. The molecule has 0 bridgehead atoms. The Hall–Kier alpha value is 0.970. The quantitative estimate of drug-likeness (QED) is 0.631. The summed E-state index contributed by atoms with van der Waals surface area (Å²) in [4.78, 5) is -1.64. The Morgan fingerprint density at radius 2 is 1.94 bits per heavy atom. The van der Waals surface area contributed by atoms with Crippen LogP contribution in [0.1, 0.15) is 6.92 Å². The van der Waals surface area contributed by atoms with E-state index in [0.717, 1.165) is 0 Å². The number of allylic oxidation sites excluding steroid dienone is 2. The van der Waals surface area contributed by atoms with E-state index in [-0.39, 0.29) is 19.1 Å². The number of alkyl halides is 2. The third-order valence-corrected chi connectivity index (χ3v) is 9.09. The van der Waals surface area contributed by atoms with Gasteiger partial charge in [0, 0.05) is 16.7 Å². The Labute approximate surface area is 127 Å². The molecule has 18 heavy (non-hydrogen) atoms. The standard InChI is InChI=1S/C10H8Cl4O3S/c1-7-8-3-17-18(15)16-2-4(8)9(7,13)5(11)6(12)10(7,8)14/h4H,2-3H2,1H3. The molecule has 4 rings (SSSR count).